The van der Waals surface area contributed by atoms with Crippen LogP contribution in [0, 0.1) is 0 Å². The van der Waals surface area contributed by atoms with Gasteiger partial charge in [-0.25, -0.2) is 0 Å². The van der Waals surface area contributed by atoms with E-state index in [4.69, 9.17) is 0 Å². The molecule has 0 amide bonds. The van der Waals surface area contributed by atoms with Crippen LogP contribution in [-0.4, -0.2) is 42.3 Å². The van der Waals surface area contributed by atoms with Crippen LogP contribution in [0.5, 0.6) is 0 Å². The van der Waals surface area contributed by atoms with E-state index in [9.17, 15) is 4.79 Å². The number of aldehydes is 1. The molecule has 0 bridgehead atoms. The van der Waals surface area contributed by atoms with E-state index >= 15 is 0 Å². The van der Waals surface area contributed by atoms with Crippen LogP contribution in [-0.2, 0) is 6.54 Å². The molecule has 0 aliphatic carbocycles. The summed E-state index contributed by atoms with van der Waals surface area (Å²) in [5.41, 5.74) is 9.17. The fraction of sp³-hybridized carbons (Fsp3) is 0.152. The third-order valence-corrected chi connectivity index (χ3v) is 7.32. The highest BCUT2D eigenvalue weighted by atomic mass is 16.1. The van der Waals surface area contributed by atoms with Crippen molar-refractivity contribution in [3.63, 3.8) is 0 Å². The molecule has 1 aliphatic heterocycles. The monoisotopic (exact) mass is 483 g/mol. The zero-order valence-corrected chi connectivity index (χ0v) is 20.8. The number of carbonyl (C=O) groups is 1. The number of piperazine rings is 1. The first-order valence-corrected chi connectivity index (χ1v) is 12.8. The SMILES string of the molecule is O=Cc1ccc(N2CCN(Cc3ccccc3-c3ccc(-c4cccc5cccnc45)cc3)CC2)cc1. The van der Waals surface area contributed by atoms with Gasteiger partial charge in [-0.3, -0.25) is 14.7 Å². The van der Waals surface area contributed by atoms with E-state index in [1.165, 1.54) is 27.9 Å². The molecule has 4 heteroatoms. The molecule has 5 aromatic rings. The lowest BCUT2D eigenvalue weighted by atomic mass is 9.96. The first-order valence-electron chi connectivity index (χ1n) is 12.8. The minimum absolute atomic E-state index is 0.723. The maximum absolute atomic E-state index is 10.9. The molecule has 1 fully saturated rings. The fourth-order valence-corrected chi connectivity index (χ4v) is 5.28. The number of hydrogen-bond donors (Lipinski definition) is 0. The van der Waals surface area contributed by atoms with Gasteiger partial charge in [-0.1, -0.05) is 72.8 Å². The van der Waals surface area contributed by atoms with Crippen LogP contribution < -0.4 is 4.90 Å². The summed E-state index contributed by atoms with van der Waals surface area (Å²) in [6.45, 7) is 4.92. The van der Waals surface area contributed by atoms with Crippen molar-refractivity contribution in [3.05, 3.63) is 120 Å². The summed E-state index contributed by atoms with van der Waals surface area (Å²) in [5.74, 6) is 0. The van der Waals surface area contributed by atoms with E-state index in [1.54, 1.807) is 0 Å². The fourth-order valence-electron chi connectivity index (χ4n) is 5.28. The van der Waals surface area contributed by atoms with Crippen molar-refractivity contribution in [1.82, 2.24) is 9.88 Å². The first kappa shape index (κ1) is 23.1. The molecule has 182 valence electrons. The van der Waals surface area contributed by atoms with Crippen LogP contribution >= 0.6 is 0 Å². The number of anilines is 1. The van der Waals surface area contributed by atoms with Crippen LogP contribution in [0.3, 0.4) is 0 Å². The molecule has 37 heavy (non-hydrogen) atoms. The van der Waals surface area contributed by atoms with Crippen LogP contribution in [0.2, 0.25) is 0 Å². The molecule has 4 aromatic carbocycles. The summed E-state index contributed by atoms with van der Waals surface area (Å²) in [7, 11) is 0. The van der Waals surface area contributed by atoms with Gasteiger partial charge in [0.15, 0.2) is 0 Å². The van der Waals surface area contributed by atoms with Gasteiger partial charge in [0.25, 0.3) is 0 Å². The Hall–Kier alpha value is -4.28. The minimum Gasteiger partial charge on any atom is -0.369 e. The number of pyridine rings is 1. The summed E-state index contributed by atoms with van der Waals surface area (Å²) in [5, 5.41) is 1.16. The van der Waals surface area contributed by atoms with Crippen LogP contribution in [0.4, 0.5) is 5.69 Å². The summed E-state index contributed by atoms with van der Waals surface area (Å²) < 4.78 is 0. The molecular formula is C33H29N3O. The van der Waals surface area contributed by atoms with Crippen LogP contribution in [0.1, 0.15) is 15.9 Å². The Morgan fingerprint density at radius 2 is 1.35 bits per heavy atom. The number of rotatable bonds is 6. The Bertz CT molecular complexity index is 1510. The normalized spacial score (nSPS) is 14.1. The number of nitrogens with zero attached hydrogens (tertiary/aromatic N) is 3. The van der Waals surface area contributed by atoms with Crippen molar-refractivity contribution >= 4 is 22.9 Å². The highest BCUT2D eigenvalue weighted by Gasteiger charge is 2.18. The van der Waals surface area contributed by atoms with E-state index in [-0.39, 0.29) is 0 Å². The Morgan fingerprint density at radius 3 is 2.11 bits per heavy atom. The number of fused-ring (bicyclic) bond motifs is 1. The zero-order chi connectivity index (χ0) is 25.0. The van der Waals surface area contributed by atoms with E-state index in [1.807, 2.05) is 36.5 Å². The third kappa shape index (κ3) is 4.89. The molecule has 0 unspecified atom stereocenters. The van der Waals surface area contributed by atoms with Crippen LogP contribution in [0.15, 0.2) is 109 Å². The minimum atomic E-state index is 0.723. The molecule has 1 saturated heterocycles. The van der Waals surface area contributed by atoms with Gasteiger partial charge in [-0.05, 0) is 52.6 Å². The molecule has 0 atom stereocenters. The molecule has 6 rings (SSSR count). The zero-order valence-electron chi connectivity index (χ0n) is 20.8. The summed E-state index contributed by atoms with van der Waals surface area (Å²) in [4.78, 5) is 20.5. The molecule has 0 N–H and O–H groups in total. The molecule has 0 spiro atoms. The highest BCUT2D eigenvalue weighted by Crippen LogP contribution is 2.31. The second-order valence-corrected chi connectivity index (χ2v) is 9.59. The van der Waals surface area contributed by atoms with Gasteiger partial charge < -0.3 is 4.90 Å². The van der Waals surface area contributed by atoms with E-state index in [0.717, 1.165) is 61.0 Å². The topological polar surface area (TPSA) is 36.4 Å². The Kier molecular flexibility index (Phi) is 6.49. The Balaban J connectivity index is 1.17. The van der Waals surface area contributed by atoms with Crippen molar-refractivity contribution in [2.45, 2.75) is 6.54 Å². The maximum Gasteiger partial charge on any atom is 0.150 e. The number of para-hydroxylation sites is 1. The molecule has 0 saturated carbocycles. The second-order valence-electron chi connectivity index (χ2n) is 9.59. The molecular weight excluding hydrogens is 454 g/mol. The van der Waals surface area contributed by atoms with E-state index in [0.29, 0.717) is 0 Å². The highest BCUT2D eigenvalue weighted by molar-refractivity contribution is 5.93. The van der Waals surface area contributed by atoms with Crippen molar-refractivity contribution < 1.29 is 4.79 Å². The van der Waals surface area contributed by atoms with Crippen molar-refractivity contribution in [2.75, 3.05) is 31.1 Å². The summed E-state index contributed by atoms with van der Waals surface area (Å²) >= 11 is 0. The predicted octanol–water partition coefficient (Wildman–Crippen LogP) is 6.70. The molecule has 2 heterocycles. The van der Waals surface area contributed by atoms with Gasteiger partial charge in [-0.15, -0.1) is 0 Å². The first-order chi connectivity index (χ1) is 18.3. The molecule has 4 nitrogen and oxygen atoms in total. The summed E-state index contributed by atoms with van der Waals surface area (Å²) in [6, 6.07) is 36.0. The molecule has 1 aliphatic rings. The van der Waals surface area contributed by atoms with Crippen LogP contribution in [0.25, 0.3) is 33.2 Å². The largest absolute Gasteiger partial charge is 0.369 e. The van der Waals surface area contributed by atoms with Crippen molar-refractivity contribution in [2.24, 2.45) is 0 Å². The second kappa shape index (κ2) is 10.4. The molecule has 1 aromatic heterocycles. The number of benzene rings is 4. The van der Waals surface area contributed by atoms with Crippen molar-refractivity contribution in [3.8, 4) is 22.3 Å². The van der Waals surface area contributed by atoms with Gasteiger partial charge in [-0.2, -0.15) is 0 Å². The third-order valence-electron chi connectivity index (χ3n) is 7.32. The van der Waals surface area contributed by atoms with Gasteiger partial charge in [0.2, 0.25) is 0 Å². The summed E-state index contributed by atoms with van der Waals surface area (Å²) in [6.07, 6.45) is 2.76. The van der Waals surface area contributed by atoms with Gasteiger partial charge >= 0.3 is 0 Å². The van der Waals surface area contributed by atoms with Gasteiger partial charge in [0.05, 0.1) is 5.52 Å². The Labute approximate surface area is 217 Å². The quantitative estimate of drug-likeness (QED) is 0.252. The smallest absolute Gasteiger partial charge is 0.150 e. The number of aromatic nitrogens is 1. The van der Waals surface area contributed by atoms with E-state index < -0.39 is 0 Å². The van der Waals surface area contributed by atoms with Crippen molar-refractivity contribution in [1.29, 1.82) is 0 Å². The average molecular weight is 484 g/mol. The van der Waals surface area contributed by atoms with Gasteiger partial charge in [0.1, 0.15) is 6.29 Å². The lowest BCUT2D eigenvalue weighted by Gasteiger charge is -2.36. The number of carbonyl (C=O) groups excluding carboxylic acids is 1. The molecule has 0 radical (unpaired) electrons. The van der Waals surface area contributed by atoms with Gasteiger partial charge in [0, 0.05) is 61.1 Å². The average Bonchev–Trinajstić information content (AvgIpc) is 2.98. The van der Waals surface area contributed by atoms with E-state index in [2.05, 4.69) is 87.6 Å². The lowest BCUT2D eigenvalue weighted by Crippen LogP contribution is -2.46. The lowest BCUT2D eigenvalue weighted by molar-refractivity contribution is 0.112. The number of hydrogen-bond acceptors (Lipinski definition) is 4. The standard InChI is InChI=1S/C33H29N3O/c37-24-25-10-16-30(17-11-25)36-21-19-35(20-22-36)23-29-5-1-2-8-31(29)26-12-14-27(15-13-26)32-9-3-6-28-7-4-18-34-33(28)32/h1-18,24H,19-23H2. The maximum atomic E-state index is 10.9. The Morgan fingerprint density at radius 1 is 0.676 bits per heavy atom. The predicted molar refractivity (Wildman–Crippen MR) is 152 cm³/mol.